The van der Waals surface area contributed by atoms with Crippen LogP contribution in [0.5, 0.6) is 0 Å². The minimum atomic E-state index is -0.180. The number of hydrogen-bond acceptors (Lipinski definition) is 3. The fraction of sp³-hybridized carbons (Fsp3) is 0.350. The molecule has 2 N–H and O–H groups in total. The Kier molecular flexibility index (Phi) is 6.65. The molecule has 1 aliphatic heterocycles. The lowest BCUT2D eigenvalue weighted by atomic mass is 9.96. The van der Waals surface area contributed by atoms with Gasteiger partial charge in [0, 0.05) is 49.2 Å². The number of nitrogens with one attached hydrogen (secondary N) is 2. The molecule has 1 fully saturated rings. The number of likely N-dealkylation sites (tertiary alicyclic amines) is 1. The second-order valence-electron chi connectivity index (χ2n) is 6.66. The van der Waals surface area contributed by atoms with E-state index >= 15 is 0 Å². The van der Waals surface area contributed by atoms with Gasteiger partial charge in [-0.1, -0.05) is 23.7 Å². The van der Waals surface area contributed by atoms with Crippen molar-refractivity contribution in [2.24, 2.45) is 5.92 Å². The summed E-state index contributed by atoms with van der Waals surface area (Å²) in [5.41, 5.74) is 1.67. The van der Waals surface area contributed by atoms with Crippen molar-refractivity contribution in [3.05, 3.63) is 64.9 Å². The van der Waals surface area contributed by atoms with Gasteiger partial charge in [-0.05, 0) is 48.6 Å². The molecule has 0 spiro atoms. The number of rotatable bonds is 5. The Balaban J connectivity index is 1.36. The quantitative estimate of drug-likeness (QED) is 0.829. The van der Waals surface area contributed by atoms with E-state index < -0.39 is 0 Å². The zero-order chi connectivity index (χ0) is 19.1. The molecule has 0 atom stereocenters. The summed E-state index contributed by atoms with van der Waals surface area (Å²) in [5, 5.41) is 6.44. The average Bonchev–Trinajstić information content (AvgIpc) is 2.72. The number of carbonyl (C=O) groups is 2. The summed E-state index contributed by atoms with van der Waals surface area (Å²) in [6, 6.07) is 10.7. The minimum absolute atomic E-state index is 0.0458. The van der Waals surface area contributed by atoms with Crippen LogP contribution >= 0.6 is 11.6 Å². The van der Waals surface area contributed by atoms with E-state index in [1.54, 1.807) is 36.7 Å². The van der Waals surface area contributed by atoms with E-state index in [2.05, 4.69) is 15.6 Å². The number of pyridine rings is 1. The van der Waals surface area contributed by atoms with Crippen molar-refractivity contribution in [2.45, 2.75) is 19.4 Å². The number of piperidine rings is 1. The summed E-state index contributed by atoms with van der Waals surface area (Å²) in [5.74, 6) is 0.428. The highest BCUT2D eigenvalue weighted by molar-refractivity contribution is 6.30. The standard InChI is InChI=1S/C20H23ClN4O2/c21-18-3-1-15(2-4-18)13-23-20(27)24-14-16-7-11-25(12-8-16)19(26)17-5-9-22-10-6-17/h1-6,9-10,16H,7-8,11-14H2,(H2,23,24,27). The van der Waals surface area contributed by atoms with Gasteiger partial charge in [0.1, 0.15) is 0 Å². The molecule has 27 heavy (non-hydrogen) atoms. The molecule has 6 nitrogen and oxygen atoms in total. The largest absolute Gasteiger partial charge is 0.339 e. The lowest BCUT2D eigenvalue weighted by molar-refractivity contribution is 0.0690. The van der Waals surface area contributed by atoms with E-state index in [-0.39, 0.29) is 11.9 Å². The van der Waals surface area contributed by atoms with Crippen molar-refractivity contribution >= 4 is 23.5 Å². The van der Waals surface area contributed by atoms with Crippen LogP contribution in [0.25, 0.3) is 0 Å². The maximum Gasteiger partial charge on any atom is 0.315 e. The third-order valence-electron chi connectivity index (χ3n) is 4.75. The Morgan fingerprint density at radius 3 is 2.37 bits per heavy atom. The van der Waals surface area contributed by atoms with Gasteiger partial charge in [-0.25, -0.2) is 4.79 Å². The molecule has 7 heteroatoms. The summed E-state index contributed by atoms with van der Waals surface area (Å²) in [4.78, 5) is 30.2. The van der Waals surface area contributed by atoms with Crippen LogP contribution < -0.4 is 10.6 Å². The van der Waals surface area contributed by atoms with Crippen molar-refractivity contribution in [1.82, 2.24) is 20.5 Å². The molecule has 1 aromatic carbocycles. The maximum absolute atomic E-state index is 12.4. The molecule has 0 aliphatic carbocycles. The number of carbonyl (C=O) groups excluding carboxylic acids is 2. The Morgan fingerprint density at radius 2 is 1.70 bits per heavy atom. The first kappa shape index (κ1) is 19.2. The SMILES string of the molecule is O=C(NCc1ccc(Cl)cc1)NCC1CCN(C(=O)c2ccncc2)CC1. The normalized spacial score (nSPS) is 14.6. The average molecular weight is 387 g/mol. The fourth-order valence-electron chi connectivity index (χ4n) is 3.10. The predicted octanol–water partition coefficient (Wildman–Crippen LogP) is 3.09. The number of aromatic nitrogens is 1. The second kappa shape index (κ2) is 9.37. The summed E-state index contributed by atoms with van der Waals surface area (Å²) in [6.45, 7) is 2.49. The molecule has 1 aromatic heterocycles. The number of benzene rings is 1. The zero-order valence-corrected chi connectivity index (χ0v) is 15.8. The van der Waals surface area contributed by atoms with Gasteiger partial charge in [0.05, 0.1) is 0 Å². The molecule has 0 unspecified atom stereocenters. The smallest absolute Gasteiger partial charge is 0.315 e. The van der Waals surface area contributed by atoms with Gasteiger partial charge in [-0.2, -0.15) is 0 Å². The molecule has 3 amide bonds. The summed E-state index contributed by atoms with van der Waals surface area (Å²) in [7, 11) is 0. The number of hydrogen-bond donors (Lipinski definition) is 2. The first-order chi connectivity index (χ1) is 13.1. The van der Waals surface area contributed by atoms with Crippen LogP contribution in [0.2, 0.25) is 5.02 Å². The van der Waals surface area contributed by atoms with Gasteiger partial charge in [0.25, 0.3) is 5.91 Å². The van der Waals surface area contributed by atoms with Crippen LogP contribution in [0, 0.1) is 5.92 Å². The summed E-state index contributed by atoms with van der Waals surface area (Å²) in [6.07, 6.45) is 5.03. The third kappa shape index (κ3) is 5.69. The van der Waals surface area contributed by atoms with Gasteiger partial charge in [0.2, 0.25) is 0 Å². The van der Waals surface area contributed by atoms with Gasteiger partial charge < -0.3 is 15.5 Å². The topological polar surface area (TPSA) is 74.3 Å². The minimum Gasteiger partial charge on any atom is -0.339 e. The van der Waals surface area contributed by atoms with Gasteiger partial charge >= 0.3 is 6.03 Å². The highest BCUT2D eigenvalue weighted by Gasteiger charge is 2.23. The molecular formula is C20H23ClN4O2. The molecular weight excluding hydrogens is 364 g/mol. The Bertz CT molecular complexity index is 759. The molecule has 3 rings (SSSR count). The van der Waals surface area contributed by atoms with E-state index in [9.17, 15) is 9.59 Å². The number of amides is 3. The summed E-state index contributed by atoms with van der Waals surface area (Å²) < 4.78 is 0. The molecule has 2 aromatic rings. The Hall–Kier alpha value is -2.60. The first-order valence-electron chi connectivity index (χ1n) is 9.07. The highest BCUT2D eigenvalue weighted by Crippen LogP contribution is 2.18. The molecule has 0 bridgehead atoms. The molecule has 1 saturated heterocycles. The number of halogens is 1. The molecule has 0 radical (unpaired) electrons. The molecule has 2 heterocycles. The van der Waals surface area contributed by atoms with Gasteiger partial charge in [0.15, 0.2) is 0 Å². The monoisotopic (exact) mass is 386 g/mol. The zero-order valence-electron chi connectivity index (χ0n) is 15.0. The Morgan fingerprint density at radius 1 is 1.04 bits per heavy atom. The van der Waals surface area contributed by atoms with Gasteiger partial charge in [-0.15, -0.1) is 0 Å². The van der Waals surface area contributed by atoms with Crippen LogP contribution in [0.3, 0.4) is 0 Å². The van der Waals surface area contributed by atoms with Crippen LogP contribution in [0.1, 0.15) is 28.8 Å². The molecule has 142 valence electrons. The Labute approximate surface area is 163 Å². The van der Waals surface area contributed by atoms with Crippen LogP contribution in [-0.2, 0) is 6.54 Å². The molecule has 1 aliphatic rings. The van der Waals surface area contributed by atoms with Crippen molar-refractivity contribution in [1.29, 1.82) is 0 Å². The van der Waals surface area contributed by atoms with E-state index in [1.165, 1.54) is 0 Å². The van der Waals surface area contributed by atoms with Crippen molar-refractivity contribution < 1.29 is 9.59 Å². The summed E-state index contributed by atoms with van der Waals surface area (Å²) >= 11 is 5.85. The van der Waals surface area contributed by atoms with Crippen LogP contribution in [0.4, 0.5) is 4.79 Å². The van der Waals surface area contributed by atoms with E-state index in [0.717, 1.165) is 18.4 Å². The highest BCUT2D eigenvalue weighted by atomic mass is 35.5. The fourth-order valence-corrected chi connectivity index (χ4v) is 3.23. The number of nitrogens with zero attached hydrogens (tertiary/aromatic N) is 2. The van der Waals surface area contributed by atoms with E-state index in [0.29, 0.717) is 42.7 Å². The van der Waals surface area contributed by atoms with E-state index in [4.69, 9.17) is 11.6 Å². The van der Waals surface area contributed by atoms with Crippen molar-refractivity contribution in [3.8, 4) is 0 Å². The van der Waals surface area contributed by atoms with Crippen LogP contribution in [-0.4, -0.2) is 41.5 Å². The third-order valence-corrected chi connectivity index (χ3v) is 5.00. The van der Waals surface area contributed by atoms with Crippen molar-refractivity contribution in [3.63, 3.8) is 0 Å². The maximum atomic E-state index is 12.4. The van der Waals surface area contributed by atoms with E-state index in [1.807, 2.05) is 17.0 Å². The molecule has 0 saturated carbocycles. The second-order valence-corrected chi connectivity index (χ2v) is 7.10. The van der Waals surface area contributed by atoms with Crippen LogP contribution in [0.15, 0.2) is 48.8 Å². The van der Waals surface area contributed by atoms with Crippen molar-refractivity contribution in [2.75, 3.05) is 19.6 Å². The first-order valence-corrected chi connectivity index (χ1v) is 9.45. The predicted molar refractivity (Wildman–Crippen MR) is 105 cm³/mol. The lowest BCUT2D eigenvalue weighted by Crippen LogP contribution is -2.43. The van der Waals surface area contributed by atoms with Gasteiger partial charge in [-0.3, -0.25) is 9.78 Å². The lowest BCUT2D eigenvalue weighted by Gasteiger charge is -2.32. The number of urea groups is 1.